The summed E-state index contributed by atoms with van der Waals surface area (Å²) in [5, 5.41) is 2.14. The van der Waals surface area contributed by atoms with E-state index in [4.69, 9.17) is 4.74 Å². The van der Waals surface area contributed by atoms with Gasteiger partial charge in [0, 0.05) is 25.1 Å². The number of aryl methyl sites for hydroxylation is 1. The molecule has 1 nitrogen and oxygen atoms in total. The van der Waals surface area contributed by atoms with Gasteiger partial charge < -0.3 is 4.74 Å². The van der Waals surface area contributed by atoms with Crippen molar-refractivity contribution in [1.29, 1.82) is 0 Å². The van der Waals surface area contributed by atoms with Crippen LogP contribution in [0, 0.1) is 6.92 Å². The normalized spacial score (nSPS) is 10.9. The first-order valence-corrected chi connectivity index (χ1v) is 10.1. The van der Waals surface area contributed by atoms with Crippen LogP contribution in [-0.4, -0.2) is 7.11 Å². The standard InChI is InChI=1S/C20H16OS3/c1-13-5-10-18(23-13)20-16(14-6-8-15(21-2)9-7-14)12-19(24-20)17-4-3-11-22-17/h3-12H,1-2H3. The summed E-state index contributed by atoms with van der Waals surface area (Å²) in [5.41, 5.74) is 2.53. The predicted octanol–water partition coefficient (Wildman–Crippen LogP) is 7.19. The van der Waals surface area contributed by atoms with Crippen molar-refractivity contribution < 1.29 is 4.74 Å². The van der Waals surface area contributed by atoms with Crippen LogP contribution < -0.4 is 4.74 Å². The second kappa shape index (κ2) is 6.55. The Bertz CT molecular complexity index is 943. The minimum absolute atomic E-state index is 0.890. The number of benzene rings is 1. The van der Waals surface area contributed by atoms with Crippen molar-refractivity contribution in [3.63, 3.8) is 0 Å². The van der Waals surface area contributed by atoms with Crippen LogP contribution in [0.25, 0.3) is 30.6 Å². The summed E-state index contributed by atoms with van der Waals surface area (Å²) in [6.45, 7) is 2.16. The van der Waals surface area contributed by atoms with Crippen LogP contribution in [0.1, 0.15) is 4.88 Å². The van der Waals surface area contributed by atoms with Crippen LogP contribution in [0.15, 0.2) is 60.0 Å². The van der Waals surface area contributed by atoms with E-state index in [0.717, 1.165) is 5.75 Å². The van der Waals surface area contributed by atoms with Crippen molar-refractivity contribution in [2.24, 2.45) is 0 Å². The zero-order valence-electron chi connectivity index (χ0n) is 13.4. The Labute approximate surface area is 153 Å². The molecule has 0 spiro atoms. The van der Waals surface area contributed by atoms with Gasteiger partial charge in [-0.1, -0.05) is 18.2 Å². The molecule has 0 unspecified atom stereocenters. The molecule has 0 aliphatic rings. The molecular formula is C20H16OS3. The first-order valence-electron chi connectivity index (χ1n) is 7.63. The number of rotatable bonds is 4. The topological polar surface area (TPSA) is 9.23 Å². The van der Waals surface area contributed by atoms with E-state index in [9.17, 15) is 0 Å². The van der Waals surface area contributed by atoms with Crippen LogP contribution in [0.3, 0.4) is 0 Å². The Morgan fingerprint density at radius 3 is 2.29 bits per heavy atom. The van der Waals surface area contributed by atoms with Crippen LogP contribution in [0.5, 0.6) is 5.75 Å². The molecule has 0 amide bonds. The molecule has 0 aliphatic heterocycles. The molecule has 0 N–H and O–H groups in total. The Morgan fingerprint density at radius 1 is 0.833 bits per heavy atom. The SMILES string of the molecule is COc1ccc(-c2cc(-c3cccs3)sc2-c2ccc(C)s2)cc1. The van der Waals surface area contributed by atoms with E-state index in [1.54, 1.807) is 18.4 Å². The first kappa shape index (κ1) is 15.6. The van der Waals surface area contributed by atoms with Crippen molar-refractivity contribution in [3.05, 3.63) is 64.9 Å². The summed E-state index contributed by atoms with van der Waals surface area (Å²) >= 11 is 5.53. The minimum atomic E-state index is 0.890. The second-order valence-corrected chi connectivity index (χ2v) is 8.76. The number of hydrogen-bond acceptors (Lipinski definition) is 4. The van der Waals surface area contributed by atoms with Crippen molar-refractivity contribution in [1.82, 2.24) is 0 Å². The maximum Gasteiger partial charge on any atom is 0.118 e. The Hall–Kier alpha value is -1.88. The Morgan fingerprint density at radius 2 is 1.67 bits per heavy atom. The van der Waals surface area contributed by atoms with Gasteiger partial charge in [0.25, 0.3) is 0 Å². The first-order chi connectivity index (χ1) is 11.7. The van der Waals surface area contributed by atoms with Crippen molar-refractivity contribution in [2.75, 3.05) is 7.11 Å². The van der Waals surface area contributed by atoms with Crippen LogP contribution in [-0.2, 0) is 0 Å². The van der Waals surface area contributed by atoms with E-state index in [0.29, 0.717) is 0 Å². The number of methoxy groups -OCH3 is 1. The third-order valence-corrected chi connectivity index (χ3v) is 7.24. The van der Waals surface area contributed by atoms with Crippen molar-refractivity contribution in [2.45, 2.75) is 6.92 Å². The zero-order chi connectivity index (χ0) is 16.5. The molecule has 3 aromatic heterocycles. The van der Waals surface area contributed by atoms with Gasteiger partial charge in [0.15, 0.2) is 0 Å². The largest absolute Gasteiger partial charge is 0.497 e. The van der Waals surface area contributed by atoms with Gasteiger partial charge in [0.2, 0.25) is 0 Å². The molecule has 0 saturated carbocycles. The molecular weight excluding hydrogens is 352 g/mol. The second-order valence-electron chi connectivity index (χ2n) is 5.47. The highest BCUT2D eigenvalue weighted by molar-refractivity contribution is 7.26. The van der Waals surface area contributed by atoms with E-state index in [1.165, 1.54) is 35.5 Å². The molecule has 0 bridgehead atoms. The van der Waals surface area contributed by atoms with Crippen LogP contribution >= 0.6 is 34.0 Å². The molecule has 0 fully saturated rings. The fourth-order valence-corrected chi connectivity index (χ4v) is 5.65. The van der Waals surface area contributed by atoms with Gasteiger partial charge in [0.05, 0.1) is 12.0 Å². The van der Waals surface area contributed by atoms with Crippen LogP contribution in [0.4, 0.5) is 0 Å². The number of thiophene rings is 3. The molecule has 0 radical (unpaired) electrons. The molecule has 4 rings (SSSR count). The molecule has 120 valence electrons. The van der Waals surface area contributed by atoms with Gasteiger partial charge in [-0.25, -0.2) is 0 Å². The quantitative estimate of drug-likeness (QED) is 0.370. The Kier molecular flexibility index (Phi) is 4.27. The fourth-order valence-electron chi connectivity index (χ4n) is 2.66. The molecule has 24 heavy (non-hydrogen) atoms. The highest BCUT2D eigenvalue weighted by Crippen LogP contribution is 2.46. The zero-order valence-corrected chi connectivity index (χ0v) is 15.9. The van der Waals surface area contributed by atoms with Gasteiger partial charge in [-0.15, -0.1) is 34.0 Å². The lowest BCUT2D eigenvalue weighted by Gasteiger charge is -2.04. The van der Waals surface area contributed by atoms with Gasteiger partial charge in [-0.2, -0.15) is 0 Å². The maximum atomic E-state index is 5.29. The lowest BCUT2D eigenvalue weighted by atomic mass is 10.1. The van der Waals surface area contributed by atoms with E-state index in [-0.39, 0.29) is 0 Å². The smallest absolute Gasteiger partial charge is 0.118 e. The van der Waals surface area contributed by atoms with Gasteiger partial charge in [-0.05, 0) is 54.3 Å². The van der Waals surface area contributed by atoms with Gasteiger partial charge in [-0.3, -0.25) is 0 Å². The number of hydrogen-bond donors (Lipinski definition) is 0. The third kappa shape index (κ3) is 2.93. The lowest BCUT2D eigenvalue weighted by molar-refractivity contribution is 0.415. The molecule has 4 heteroatoms. The highest BCUT2D eigenvalue weighted by atomic mass is 32.1. The lowest BCUT2D eigenvalue weighted by Crippen LogP contribution is -1.82. The van der Waals surface area contributed by atoms with Crippen molar-refractivity contribution >= 4 is 34.0 Å². The summed E-state index contributed by atoms with van der Waals surface area (Å²) in [5.74, 6) is 0.890. The average Bonchev–Trinajstić information content (AvgIpc) is 3.34. The fraction of sp³-hybridized carbons (Fsp3) is 0.100. The summed E-state index contributed by atoms with van der Waals surface area (Å²) < 4.78 is 5.29. The number of ether oxygens (including phenoxy) is 1. The summed E-state index contributed by atoms with van der Waals surface area (Å²) in [4.78, 5) is 6.69. The van der Waals surface area contributed by atoms with Crippen LogP contribution in [0.2, 0.25) is 0 Å². The Balaban J connectivity index is 1.86. The molecule has 0 aliphatic carbocycles. The summed E-state index contributed by atoms with van der Waals surface area (Å²) in [6.07, 6.45) is 0. The van der Waals surface area contributed by atoms with E-state index in [1.807, 2.05) is 34.8 Å². The third-order valence-electron chi connectivity index (χ3n) is 3.86. The van der Waals surface area contributed by atoms with Crippen molar-refractivity contribution in [3.8, 4) is 36.4 Å². The van der Waals surface area contributed by atoms with E-state index in [2.05, 4.69) is 54.8 Å². The van der Waals surface area contributed by atoms with E-state index < -0.39 is 0 Å². The maximum absolute atomic E-state index is 5.29. The minimum Gasteiger partial charge on any atom is -0.497 e. The molecule has 3 heterocycles. The highest BCUT2D eigenvalue weighted by Gasteiger charge is 2.16. The molecule has 0 saturated heterocycles. The molecule has 1 aromatic carbocycles. The average molecular weight is 369 g/mol. The summed E-state index contributed by atoms with van der Waals surface area (Å²) in [6, 6.07) is 19.4. The van der Waals surface area contributed by atoms with Gasteiger partial charge in [0.1, 0.15) is 5.75 Å². The monoisotopic (exact) mass is 368 g/mol. The molecule has 0 atom stereocenters. The summed E-state index contributed by atoms with van der Waals surface area (Å²) in [7, 11) is 1.70. The molecule has 4 aromatic rings. The predicted molar refractivity (Wildman–Crippen MR) is 108 cm³/mol. The van der Waals surface area contributed by atoms with E-state index >= 15 is 0 Å². The van der Waals surface area contributed by atoms with Gasteiger partial charge >= 0.3 is 0 Å².